The van der Waals surface area contributed by atoms with Crippen molar-refractivity contribution in [2.75, 3.05) is 26.2 Å². The van der Waals surface area contributed by atoms with Crippen LogP contribution in [-0.2, 0) is 27.4 Å². The van der Waals surface area contributed by atoms with E-state index in [1.165, 1.54) is 35.2 Å². The van der Waals surface area contributed by atoms with Crippen molar-refractivity contribution in [1.29, 1.82) is 0 Å². The summed E-state index contributed by atoms with van der Waals surface area (Å²) < 4.78 is 67.9. The van der Waals surface area contributed by atoms with E-state index in [0.717, 1.165) is 74.2 Å². The molecule has 42 heavy (non-hydrogen) atoms. The van der Waals surface area contributed by atoms with E-state index in [1.807, 2.05) is 0 Å². The fraction of sp³-hybridized carbons (Fsp3) is 0.531. The van der Waals surface area contributed by atoms with Gasteiger partial charge in [0.25, 0.3) is 0 Å². The van der Waals surface area contributed by atoms with Crippen LogP contribution in [0.5, 0.6) is 0 Å². The van der Waals surface area contributed by atoms with Crippen LogP contribution in [0.1, 0.15) is 86.1 Å². The van der Waals surface area contributed by atoms with Gasteiger partial charge in [-0.25, -0.2) is 8.42 Å². The summed E-state index contributed by atoms with van der Waals surface area (Å²) in [6, 6.07) is 9.42. The van der Waals surface area contributed by atoms with E-state index >= 15 is 0 Å². The molecule has 228 valence electrons. The molecule has 1 aliphatic carbocycles. The first-order valence-electron chi connectivity index (χ1n) is 15.0. The van der Waals surface area contributed by atoms with Crippen LogP contribution in [0.15, 0.2) is 53.9 Å². The molecule has 2 aromatic carbocycles. The van der Waals surface area contributed by atoms with Gasteiger partial charge >= 0.3 is 6.18 Å². The molecule has 2 saturated heterocycles. The number of amides is 1. The predicted molar refractivity (Wildman–Crippen MR) is 157 cm³/mol. The van der Waals surface area contributed by atoms with Crippen molar-refractivity contribution in [1.82, 2.24) is 14.5 Å². The van der Waals surface area contributed by atoms with Crippen LogP contribution in [0.25, 0.3) is 5.57 Å². The minimum Gasteiger partial charge on any atom is -0.349 e. The fourth-order valence-electron chi connectivity index (χ4n) is 6.59. The molecule has 2 heterocycles. The molecule has 2 fully saturated rings. The van der Waals surface area contributed by atoms with Gasteiger partial charge in [-0.2, -0.15) is 17.5 Å². The van der Waals surface area contributed by atoms with Gasteiger partial charge in [0.1, 0.15) is 0 Å². The molecule has 0 aromatic heterocycles. The van der Waals surface area contributed by atoms with E-state index in [2.05, 4.69) is 35.0 Å². The molecule has 0 radical (unpaired) electrons. The van der Waals surface area contributed by atoms with E-state index in [0.29, 0.717) is 18.9 Å². The average molecular weight is 604 g/mol. The molecule has 0 saturated carbocycles. The van der Waals surface area contributed by atoms with Gasteiger partial charge in [-0.15, -0.1) is 0 Å². The molecule has 1 N–H and O–H groups in total. The average Bonchev–Trinajstić information content (AvgIpc) is 2.97. The predicted octanol–water partition coefficient (Wildman–Crippen LogP) is 6.33. The van der Waals surface area contributed by atoms with Crippen LogP contribution < -0.4 is 5.32 Å². The number of likely N-dealkylation sites (tertiary alicyclic amines) is 1. The third-order valence-corrected chi connectivity index (χ3v) is 10.8. The first kappa shape index (κ1) is 30.8. The van der Waals surface area contributed by atoms with E-state index < -0.39 is 32.7 Å². The summed E-state index contributed by atoms with van der Waals surface area (Å²) in [5.41, 5.74) is 3.51. The van der Waals surface area contributed by atoms with Crippen molar-refractivity contribution in [3.63, 3.8) is 0 Å². The van der Waals surface area contributed by atoms with Crippen LogP contribution in [0.3, 0.4) is 0 Å². The number of piperidine rings is 2. The highest BCUT2D eigenvalue weighted by Gasteiger charge is 2.37. The zero-order chi connectivity index (χ0) is 29.9. The van der Waals surface area contributed by atoms with Gasteiger partial charge in [-0.05, 0) is 98.5 Å². The van der Waals surface area contributed by atoms with Crippen molar-refractivity contribution in [2.45, 2.75) is 87.4 Å². The maximum absolute atomic E-state index is 13.4. The Kier molecular flexibility index (Phi) is 9.44. The van der Waals surface area contributed by atoms with Crippen molar-refractivity contribution >= 4 is 21.5 Å². The highest BCUT2D eigenvalue weighted by atomic mass is 32.2. The number of aryl methyl sites for hydroxylation is 1. The second kappa shape index (κ2) is 12.9. The third-order valence-electron chi connectivity index (χ3n) is 8.83. The second-order valence-corrected chi connectivity index (χ2v) is 13.8. The Morgan fingerprint density at radius 1 is 0.952 bits per heavy atom. The van der Waals surface area contributed by atoms with Crippen molar-refractivity contribution in [3.8, 4) is 0 Å². The summed E-state index contributed by atoms with van der Waals surface area (Å²) in [7, 11) is -4.20. The van der Waals surface area contributed by atoms with E-state index in [9.17, 15) is 26.4 Å². The number of nitrogens with one attached hydrogen (secondary N) is 1. The minimum atomic E-state index is -4.65. The summed E-state index contributed by atoms with van der Waals surface area (Å²) in [6.45, 7) is 7.60. The molecule has 1 unspecified atom stereocenters. The Morgan fingerprint density at radius 3 is 2.48 bits per heavy atom. The second-order valence-electron chi connectivity index (χ2n) is 11.9. The van der Waals surface area contributed by atoms with Gasteiger partial charge in [-0.1, -0.05) is 43.7 Å². The molecule has 6 nitrogen and oxygen atoms in total. The van der Waals surface area contributed by atoms with Gasteiger partial charge in [0, 0.05) is 25.6 Å². The number of hydrogen-bond donors (Lipinski definition) is 1. The number of hydrogen-bond acceptors (Lipinski definition) is 4. The van der Waals surface area contributed by atoms with Crippen LogP contribution in [-0.4, -0.2) is 55.8 Å². The molecule has 2 aromatic rings. The molecule has 1 amide bonds. The number of halogens is 3. The standard InChI is InChI=1S/C32H40F3N3O3S/c1-23(22-37-16-4-2-5-17-37)24-14-15-29-25(19-24)9-7-13-30(29)36-31(39)21-27-11-3-6-18-38(27)42(40,41)28-12-8-10-26(20-28)32(33,34)35/h8,10,12,14-15,19-20,27,30H,1-7,9,11,13,16-18,21-22H2,(H,36,39)/t27?,30-/m1/s1. The zero-order valence-corrected chi connectivity index (χ0v) is 24.8. The van der Waals surface area contributed by atoms with E-state index in [-0.39, 0.29) is 24.9 Å². The summed E-state index contributed by atoms with van der Waals surface area (Å²) in [6.07, 6.45) is 3.55. The number of benzene rings is 2. The topological polar surface area (TPSA) is 69.7 Å². The molecule has 0 spiro atoms. The largest absolute Gasteiger partial charge is 0.416 e. The maximum atomic E-state index is 13.4. The minimum absolute atomic E-state index is 0.0330. The Bertz CT molecular complexity index is 1400. The zero-order valence-electron chi connectivity index (χ0n) is 24.0. The smallest absolute Gasteiger partial charge is 0.349 e. The molecule has 10 heteroatoms. The van der Waals surface area contributed by atoms with Crippen molar-refractivity contribution < 1.29 is 26.4 Å². The van der Waals surface area contributed by atoms with E-state index in [4.69, 9.17) is 0 Å². The van der Waals surface area contributed by atoms with Gasteiger partial charge in [-0.3, -0.25) is 9.69 Å². The van der Waals surface area contributed by atoms with Crippen LogP contribution in [0.2, 0.25) is 0 Å². The van der Waals surface area contributed by atoms with Crippen molar-refractivity contribution in [2.24, 2.45) is 0 Å². The lowest BCUT2D eigenvalue weighted by Gasteiger charge is -2.35. The monoisotopic (exact) mass is 603 g/mol. The first-order chi connectivity index (χ1) is 20.0. The number of rotatable bonds is 8. The maximum Gasteiger partial charge on any atom is 0.416 e. The summed E-state index contributed by atoms with van der Waals surface area (Å²) in [5, 5.41) is 3.14. The number of nitrogens with zero attached hydrogens (tertiary/aromatic N) is 2. The quantitative estimate of drug-likeness (QED) is 0.383. The molecule has 2 aliphatic heterocycles. The lowest BCUT2D eigenvalue weighted by atomic mass is 9.85. The van der Waals surface area contributed by atoms with E-state index in [1.54, 1.807) is 0 Å². The van der Waals surface area contributed by atoms with Crippen LogP contribution in [0.4, 0.5) is 13.2 Å². The van der Waals surface area contributed by atoms with Gasteiger partial charge in [0.05, 0.1) is 16.5 Å². The number of carbonyl (C=O) groups excluding carboxylic acids is 1. The number of sulfonamides is 1. The SMILES string of the molecule is C=C(CN1CCCCC1)c1ccc2c(c1)CCC[C@H]2NC(=O)CC1CCCCN1S(=O)(=O)c1cccc(C(F)(F)F)c1. The molecular formula is C32H40F3N3O3S. The highest BCUT2D eigenvalue weighted by molar-refractivity contribution is 7.89. The molecular weight excluding hydrogens is 563 g/mol. The van der Waals surface area contributed by atoms with Gasteiger partial charge < -0.3 is 5.32 Å². The number of fused-ring (bicyclic) bond motifs is 1. The summed E-state index contributed by atoms with van der Waals surface area (Å²) in [5.74, 6) is -0.248. The fourth-order valence-corrected chi connectivity index (χ4v) is 8.33. The van der Waals surface area contributed by atoms with Crippen LogP contribution in [0, 0.1) is 0 Å². The van der Waals surface area contributed by atoms with Crippen molar-refractivity contribution in [3.05, 3.63) is 71.3 Å². The molecule has 2 atom stereocenters. The van der Waals surface area contributed by atoms with Gasteiger partial charge in [0.2, 0.25) is 15.9 Å². The lowest BCUT2D eigenvalue weighted by Crippen LogP contribution is -2.46. The Balaban J connectivity index is 1.25. The first-order valence-corrected chi connectivity index (χ1v) is 16.5. The Morgan fingerprint density at radius 2 is 1.71 bits per heavy atom. The third kappa shape index (κ3) is 7.09. The Hall–Kier alpha value is -2.69. The summed E-state index contributed by atoms with van der Waals surface area (Å²) >= 11 is 0. The van der Waals surface area contributed by atoms with Gasteiger partial charge in [0.15, 0.2) is 0 Å². The molecule has 3 aliphatic rings. The number of carbonyl (C=O) groups is 1. The Labute approximate surface area is 247 Å². The molecule has 0 bridgehead atoms. The van der Waals surface area contributed by atoms with Crippen LogP contribution >= 0.6 is 0 Å². The lowest BCUT2D eigenvalue weighted by molar-refractivity contribution is -0.137. The molecule has 5 rings (SSSR count). The summed E-state index contributed by atoms with van der Waals surface area (Å²) in [4.78, 5) is 15.3. The highest BCUT2D eigenvalue weighted by Crippen LogP contribution is 2.35. The number of alkyl halides is 3. The normalized spacial score (nSPS) is 22.4.